The van der Waals surface area contributed by atoms with E-state index in [1.807, 2.05) is 29.2 Å². The van der Waals surface area contributed by atoms with Crippen LogP contribution in [0.25, 0.3) is 11.4 Å². The Morgan fingerprint density at radius 3 is 2.76 bits per heavy atom. The van der Waals surface area contributed by atoms with Gasteiger partial charge in [0.2, 0.25) is 17.6 Å². The highest BCUT2D eigenvalue weighted by Crippen LogP contribution is 2.35. The van der Waals surface area contributed by atoms with Crippen molar-refractivity contribution in [3.63, 3.8) is 0 Å². The number of nitrogens with zero attached hydrogens (tertiary/aromatic N) is 3. The Hall–Kier alpha value is -1.88. The van der Waals surface area contributed by atoms with Gasteiger partial charge >= 0.3 is 0 Å². The molecule has 1 aromatic heterocycles. The monoisotopic (exact) mass is 359 g/mol. The highest BCUT2D eigenvalue weighted by molar-refractivity contribution is 6.30. The molecule has 0 unspecified atom stereocenters. The first-order valence-electron chi connectivity index (χ1n) is 9.12. The molecule has 5 nitrogen and oxygen atoms in total. The number of piperidine rings is 1. The average molecular weight is 360 g/mol. The maximum atomic E-state index is 12.9. The summed E-state index contributed by atoms with van der Waals surface area (Å²) >= 11 is 6.05. The van der Waals surface area contributed by atoms with Gasteiger partial charge in [0.05, 0.1) is 0 Å². The maximum absolute atomic E-state index is 12.9. The van der Waals surface area contributed by atoms with E-state index < -0.39 is 0 Å². The number of carbonyl (C=O) groups excluding carboxylic acids is 1. The zero-order valence-corrected chi connectivity index (χ0v) is 14.9. The van der Waals surface area contributed by atoms with Gasteiger partial charge in [0.15, 0.2) is 0 Å². The second kappa shape index (κ2) is 7.16. The van der Waals surface area contributed by atoms with Crippen molar-refractivity contribution in [1.29, 1.82) is 0 Å². The molecular formula is C19H22ClN3O2. The smallest absolute Gasteiger partial charge is 0.249 e. The Bertz CT molecular complexity index is 755. The Morgan fingerprint density at radius 2 is 1.96 bits per heavy atom. The van der Waals surface area contributed by atoms with Crippen LogP contribution >= 0.6 is 11.6 Å². The summed E-state index contributed by atoms with van der Waals surface area (Å²) in [7, 11) is 0. The number of carbonyl (C=O) groups is 1. The first-order valence-corrected chi connectivity index (χ1v) is 9.50. The van der Waals surface area contributed by atoms with Gasteiger partial charge in [-0.05, 0) is 44.2 Å². The van der Waals surface area contributed by atoms with Gasteiger partial charge in [-0.2, -0.15) is 4.98 Å². The molecule has 0 radical (unpaired) electrons. The highest BCUT2D eigenvalue weighted by atomic mass is 35.5. The van der Waals surface area contributed by atoms with Gasteiger partial charge in [-0.3, -0.25) is 4.79 Å². The fourth-order valence-corrected chi connectivity index (χ4v) is 4.17. The van der Waals surface area contributed by atoms with Crippen LogP contribution in [0.1, 0.15) is 56.9 Å². The minimum absolute atomic E-state index is 0.0951. The molecule has 132 valence electrons. The predicted octanol–water partition coefficient (Wildman–Crippen LogP) is 4.63. The molecule has 6 heteroatoms. The number of amides is 1. The fourth-order valence-electron chi connectivity index (χ4n) is 3.97. The van der Waals surface area contributed by atoms with Crippen LogP contribution in [-0.4, -0.2) is 27.5 Å². The minimum Gasteiger partial charge on any atom is -0.337 e. The molecule has 1 saturated heterocycles. The Morgan fingerprint density at radius 1 is 1.16 bits per heavy atom. The molecule has 1 amide bonds. The van der Waals surface area contributed by atoms with Gasteiger partial charge < -0.3 is 9.42 Å². The van der Waals surface area contributed by atoms with Crippen LogP contribution in [0.5, 0.6) is 0 Å². The molecule has 4 rings (SSSR count). The summed E-state index contributed by atoms with van der Waals surface area (Å²) in [5.74, 6) is 1.51. The Kier molecular flexibility index (Phi) is 4.75. The molecule has 2 fully saturated rings. The van der Waals surface area contributed by atoms with Crippen molar-refractivity contribution in [3.8, 4) is 11.4 Å². The third kappa shape index (κ3) is 3.43. The largest absolute Gasteiger partial charge is 0.337 e. The van der Waals surface area contributed by atoms with E-state index in [0.29, 0.717) is 16.7 Å². The number of likely N-dealkylation sites (tertiary alicyclic amines) is 1. The van der Waals surface area contributed by atoms with Crippen molar-refractivity contribution >= 4 is 17.5 Å². The van der Waals surface area contributed by atoms with Crippen molar-refractivity contribution in [2.75, 3.05) is 6.54 Å². The van der Waals surface area contributed by atoms with Crippen LogP contribution in [0, 0.1) is 5.92 Å². The molecule has 25 heavy (non-hydrogen) atoms. The third-order valence-corrected chi connectivity index (χ3v) is 5.54. The minimum atomic E-state index is -0.0951. The molecule has 0 spiro atoms. The van der Waals surface area contributed by atoms with Gasteiger partial charge in [-0.25, -0.2) is 0 Å². The molecule has 2 aromatic rings. The highest BCUT2D eigenvalue weighted by Gasteiger charge is 2.36. The lowest BCUT2D eigenvalue weighted by molar-refractivity contribution is -0.140. The van der Waals surface area contributed by atoms with Gasteiger partial charge in [-0.1, -0.05) is 41.7 Å². The molecule has 0 N–H and O–H groups in total. The topological polar surface area (TPSA) is 59.2 Å². The van der Waals surface area contributed by atoms with E-state index in [4.69, 9.17) is 16.1 Å². The lowest BCUT2D eigenvalue weighted by atomic mass is 9.98. The maximum Gasteiger partial charge on any atom is 0.249 e. The van der Waals surface area contributed by atoms with Crippen molar-refractivity contribution in [3.05, 3.63) is 35.2 Å². The number of benzene rings is 1. The number of hydrogen-bond acceptors (Lipinski definition) is 4. The average Bonchev–Trinajstić information content (AvgIpc) is 3.33. The standard InChI is InChI=1S/C19H22ClN3O2/c20-15-9-5-8-14(12-15)17-21-18(25-22-17)16-10-3-4-11-23(16)19(24)13-6-1-2-7-13/h5,8-9,12-13,16H,1-4,6-7,10-11H2/t16-/m0/s1. The summed E-state index contributed by atoms with van der Waals surface area (Å²) in [4.78, 5) is 19.5. The summed E-state index contributed by atoms with van der Waals surface area (Å²) in [6.07, 6.45) is 7.36. The van der Waals surface area contributed by atoms with Crippen LogP contribution in [0.2, 0.25) is 5.02 Å². The van der Waals surface area contributed by atoms with E-state index in [1.54, 1.807) is 0 Å². The fraction of sp³-hybridized carbons (Fsp3) is 0.526. The summed E-state index contributed by atoms with van der Waals surface area (Å²) in [6.45, 7) is 0.787. The third-order valence-electron chi connectivity index (χ3n) is 5.30. The number of hydrogen-bond donors (Lipinski definition) is 0. The summed E-state index contributed by atoms with van der Waals surface area (Å²) in [6, 6.07) is 7.31. The molecular weight excluding hydrogens is 338 g/mol. The first kappa shape index (κ1) is 16.6. The molecule has 1 saturated carbocycles. The van der Waals surface area contributed by atoms with Crippen LogP contribution in [0.3, 0.4) is 0 Å². The van der Waals surface area contributed by atoms with E-state index in [-0.39, 0.29) is 17.9 Å². The Labute approximate surface area is 152 Å². The quantitative estimate of drug-likeness (QED) is 0.801. The van der Waals surface area contributed by atoms with E-state index >= 15 is 0 Å². The van der Waals surface area contributed by atoms with Crippen LogP contribution in [0.4, 0.5) is 0 Å². The van der Waals surface area contributed by atoms with Crippen LogP contribution in [0.15, 0.2) is 28.8 Å². The van der Waals surface area contributed by atoms with Crippen molar-refractivity contribution in [1.82, 2.24) is 15.0 Å². The van der Waals surface area contributed by atoms with Crippen molar-refractivity contribution in [2.24, 2.45) is 5.92 Å². The number of halogens is 1. The van der Waals surface area contributed by atoms with Crippen LogP contribution < -0.4 is 0 Å². The van der Waals surface area contributed by atoms with E-state index in [9.17, 15) is 4.79 Å². The zero-order chi connectivity index (χ0) is 17.2. The van der Waals surface area contributed by atoms with Gasteiger partial charge in [0, 0.05) is 23.0 Å². The normalized spacial score (nSPS) is 21.6. The molecule has 2 heterocycles. The molecule has 1 aromatic carbocycles. The zero-order valence-electron chi connectivity index (χ0n) is 14.2. The number of aromatic nitrogens is 2. The number of rotatable bonds is 3. The van der Waals surface area contributed by atoms with Crippen molar-refractivity contribution < 1.29 is 9.32 Å². The van der Waals surface area contributed by atoms with Gasteiger partial charge in [0.1, 0.15) is 6.04 Å². The van der Waals surface area contributed by atoms with Crippen molar-refractivity contribution in [2.45, 2.75) is 51.0 Å². The second-order valence-corrected chi connectivity index (χ2v) is 7.43. The SMILES string of the molecule is O=C(C1CCCC1)N1CCCC[C@H]1c1nc(-c2cccc(Cl)c2)no1. The summed E-state index contributed by atoms with van der Waals surface area (Å²) in [5, 5.41) is 4.75. The summed E-state index contributed by atoms with van der Waals surface area (Å²) < 4.78 is 5.54. The molecule has 2 aliphatic rings. The molecule has 1 atom stereocenters. The Balaban J connectivity index is 1.57. The van der Waals surface area contributed by atoms with E-state index in [1.165, 1.54) is 0 Å². The van der Waals surface area contributed by atoms with E-state index in [0.717, 1.165) is 57.1 Å². The van der Waals surface area contributed by atoms with Crippen LogP contribution in [-0.2, 0) is 4.79 Å². The van der Waals surface area contributed by atoms with E-state index in [2.05, 4.69) is 10.1 Å². The summed E-state index contributed by atoms with van der Waals surface area (Å²) in [5.41, 5.74) is 0.826. The predicted molar refractivity (Wildman–Crippen MR) is 95.0 cm³/mol. The lowest BCUT2D eigenvalue weighted by Gasteiger charge is -2.35. The lowest BCUT2D eigenvalue weighted by Crippen LogP contribution is -2.41. The second-order valence-electron chi connectivity index (χ2n) is 6.99. The molecule has 0 bridgehead atoms. The molecule has 1 aliphatic carbocycles. The molecule has 1 aliphatic heterocycles. The first-order chi connectivity index (χ1) is 12.2. The van der Waals surface area contributed by atoms with Gasteiger partial charge in [-0.15, -0.1) is 0 Å². The van der Waals surface area contributed by atoms with Gasteiger partial charge in [0.25, 0.3) is 0 Å².